The average Bonchev–Trinajstić information content (AvgIpc) is 2.46. The summed E-state index contributed by atoms with van der Waals surface area (Å²) in [6, 6.07) is 5.95. The van der Waals surface area contributed by atoms with E-state index in [0.717, 1.165) is 6.07 Å². The molecule has 0 aliphatic heterocycles. The number of hydrogen-bond donors (Lipinski definition) is 2. The second-order valence-electron chi connectivity index (χ2n) is 5.63. The highest BCUT2D eigenvalue weighted by Crippen LogP contribution is 2.32. The number of alkyl halides is 3. The average molecular weight is 338 g/mol. The van der Waals surface area contributed by atoms with Crippen molar-refractivity contribution in [3.63, 3.8) is 0 Å². The molecule has 7 heteroatoms. The fraction of sp³-hybridized carbons (Fsp3) is 0.294. The molecule has 128 valence electrons. The molecule has 2 N–H and O–H groups in total. The molecule has 0 aliphatic rings. The Morgan fingerprint density at radius 3 is 2.58 bits per heavy atom. The lowest BCUT2D eigenvalue weighted by Gasteiger charge is -2.17. The molecule has 1 aromatic heterocycles. The van der Waals surface area contributed by atoms with Crippen LogP contribution in [0.4, 0.5) is 13.2 Å². The number of aromatic nitrogens is 1. The van der Waals surface area contributed by atoms with Crippen molar-refractivity contribution in [2.24, 2.45) is 0 Å². The van der Waals surface area contributed by atoms with Crippen molar-refractivity contribution < 1.29 is 18.0 Å². The van der Waals surface area contributed by atoms with Crippen LogP contribution in [0.5, 0.6) is 0 Å². The van der Waals surface area contributed by atoms with E-state index in [9.17, 15) is 22.8 Å². The van der Waals surface area contributed by atoms with E-state index >= 15 is 0 Å². The largest absolute Gasteiger partial charge is 0.416 e. The van der Waals surface area contributed by atoms with Gasteiger partial charge in [0.1, 0.15) is 5.56 Å². The first-order chi connectivity index (χ1) is 11.2. The Kier molecular flexibility index (Phi) is 5.11. The topological polar surface area (TPSA) is 62.0 Å². The second-order valence-corrected chi connectivity index (χ2v) is 5.63. The summed E-state index contributed by atoms with van der Waals surface area (Å²) in [5.74, 6) is -0.617. The minimum Gasteiger partial charge on any atom is -0.364 e. The fourth-order valence-corrected chi connectivity index (χ4v) is 2.41. The zero-order chi connectivity index (χ0) is 17.9. The molecular weight excluding hydrogens is 321 g/mol. The Labute approximate surface area is 136 Å². The number of rotatable bonds is 4. The molecular formula is C17H17F3N2O2. The van der Waals surface area contributed by atoms with Crippen molar-refractivity contribution >= 4 is 5.91 Å². The standard InChI is InChI=1S/C17H17F3N2O2/c1-10-8-15(23)13(9-21-10)16(24)22-11(2)7-12-5-3-4-6-14(12)17(18,19)20/h3-6,8-9,11H,7H2,1-2H3,(H,21,23)(H,22,24). The molecule has 1 amide bonds. The van der Waals surface area contributed by atoms with Crippen LogP contribution in [0.1, 0.15) is 34.1 Å². The number of carbonyl (C=O) groups is 1. The van der Waals surface area contributed by atoms with Crippen molar-refractivity contribution in [3.05, 3.63) is 69.1 Å². The molecule has 0 radical (unpaired) electrons. The molecule has 1 unspecified atom stereocenters. The molecule has 2 aromatic rings. The van der Waals surface area contributed by atoms with Gasteiger partial charge in [0.15, 0.2) is 5.43 Å². The summed E-state index contributed by atoms with van der Waals surface area (Å²) in [6.45, 7) is 3.27. The van der Waals surface area contributed by atoms with Gasteiger partial charge in [-0.1, -0.05) is 18.2 Å². The van der Waals surface area contributed by atoms with E-state index in [1.54, 1.807) is 13.8 Å². The zero-order valence-corrected chi connectivity index (χ0v) is 13.2. The fourth-order valence-electron chi connectivity index (χ4n) is 2.41. The first-order valence-electron chi connectivity index (χ1n) is 7.34. The van der Waals surface area contributed by atoms with E-state index < -0.39 is 29.1 Å². The van der Waals surface area contributed by atoms with E-state index in [1.807, 2.05) is 0 Å². The van der Waals surface area contributed by atoms with Gasteiger partial charge in [-0.05, 0) is 31.9 Å². The minimum atomic E-state index is -4.45. The molecule has 0 saturated heterocycles. The van der Waals surface area contributed by atoms with Crippen LogP contribution in [0.25, 0.3) is 0 Å². The summed E-state index contributed by atoms with van der Waals surface area (Å²) >= 11 is 0. The number of aryl methyl sites for hydroxylation is 1. The van der Waals surface area contributed by atoms with Gasteiger partial charge in [-0.15, -0.1) is 0 Å². The van der Waals surface area contributed by atoms with Gasteiger partial charge in [0.2, 0.25) is 0 Å². The predicted octanol–water partition coefficient (Wildman–Crippen LogP) is 3.06. The number of hydrogen-bond acceptors (Lipinski definition) is 2. The Hall–Kier alpha value is -2.57. The number of amides is 1. The van der Waals surface area contributed by atoms with Crippen LogP contribution in [-0.2, 0) is 12.6 Å². The summed E-state index contributed by atoms with van der Waals surface area (Å²) in [4.78, 5) is 26.6. The highest BCUT2D eigenvalue weighted by molar-refractivity contribution is 5.93. The van der Waals surface area contributed by atoms with E-state index in [4.69, 9.17) is 0 Å². The Morgan fingerprint density at radius 1 is 1.29 bits per heavy atom. The van der Waals surface area contributed by atoms with Crippen molar-refractivity contribution in [3.8, 4) is 0 Å². The molecule has 1 aromatic carbocycles. The van der Waals surface area contributed by atoms with Crippen LogP contribution in [0, 0.1) is 6.92 Å². The lowest BCUT2D eigenvalue weighted by Crippen LogP contribution is -2.37. The first-order valence-corrected chi connectivity index (χ1v) is 7.34. The molecule has 4 nitrogen and oxygen atoms in total. The molecule has 1 atom stereocenters. The van der Waals surface area contributed by atoms with Crippen LogP contribution in [-0.4, -0.2) is 16.9 Å². The van der Waals surface area contributed by atoms with Crippen molar-refractivity contribution in [1.82, 2.24) is 10.3 Å². The van der Waals surface area contributed by atoms with E-state index in [0.29, 0.717) is 5.69 Å². The lowest BCUT2D eigenvalue weighted by molar-refractivity contribution is -0.138. The van der Waals surface area contributed by atoms with Gasteiger partial charge in [-0.2, -0.15) is 13.2 Å². The van der Waals surface area contributed by atoms with Crippen LogP contribution in [0.3, 0.4) is 0 Å². The maximum absolute atomic E-state index is 13.0. The predicted molar refractivity (Wildman–Crippen MR) is 83.9 cm³/mol. The normalized spacial score (nSPS) is 12.7. The molecule has 0 aliphatic carbocycles. The van der Waals surface area contributed by atoms with Gasteiger partial charge in [-0.3, -0.25) is 9.59 Å². The number of pyridine rings is 1. The Bertz CT molecular complexity index is 797. The highest BCUT2D eigenvalue weighted by atomic mass is 19.4. The third-order valence-corrected chi connectivity index (χ3v) is 3.53. The van der Waals surface area contributed by atoms with Gasteiger partial charge in [-0.25, -0.2) is 0 Å². The maximum atomic E-state index is 13.0. The molecule has 1 heterocycles. The van der Waals surface area contributed by atoms with Crippen LogP contribution in [0.15, 0.2) is 41.3 Å². The lowest BCUT2D eigenvalue weighted by atomic mass is 10.0. The number of aromatic amines is 1. The molecule has 2 rings (SSSR count). The Balaban J connectivity index is 2.13. The summed E-state index contributed by atoms with van der Waals surface area (Å²) in [5.41, 5.74) is -0.526. The summed E-state index contributed by atoms with van der Waals surface area (Å²) in [7, 11) is 0. The molecule has 0 spiro atoms. The quantitative estimate of drug-likeness (QED) is 0.900. The molecule has 0 saturated carbocycles. The van der Waals surface area contributed by atoms with Crippen molar-refractivity contribution in [1.29, 1.82) is 0 Å². The van der Waals surface area contributed by atoms with Crippen molar-refractivity contribution in [2.75, 3.05) is 0 Å². The van der Waals surface area contributed by atoms with Gasteiger partial charge in [0.05, 0.1) is 5.56 Å². The van der Waals surface area contributed by atoms with E-state index in [1.165, 1.54) is 30.5 Å². The third-order valence-electron chi connectivity index (χ3n) is 3.53. The van der Waals surface area contributed by atoms with E-state index in [-0.39, 0.29) is 17.5 Å². The van der Waals surface area contributed by atoms with Gasteiger partial charge >= 0.3 is 6.18 Å². The third kappa shape index (κ3) is 4.24. The van der Waals surface area contributed by atoms with Gasteiger partial charge in [0.25, 0.3) is 5.91 Å². The number of nitrogens with one attached hydrogen (secondary N) is 2. The zero-order valence-electron chi connectivity index (χ0n) is 13.2. The number of carbonyl (C=O) groups excluding carboxylic acids is 1. The molecule has 24 heavy (non-hydrogen) atoms. The molecule has 0 fully saturated rings. The number of benzene rings is 1. The highest BCUT2D eigenvalue weighted by Gasteiger charge is 2.33. The summed E-state index contributed by atoms with van der Waals surface area (Å²) in [5, 5.41) is 2.56. The summed E-state index contributed by atoms with van der Waals surface area (Å²) in [6.07, 6.45) is -3.15. The van der Waals surface area contributed by atoms with Gasteiger partial charge in [0, 0.05) is 24.0 Å². The number of halogens is 3. The van der Waals surface area contributed by atoms with Crippen molar-refractivity contribution in [2.45, 2.75) is 32.5 Å². The number of H-pyrrole nitrogens is 1. The molecule has 0 bridgehead atoms. The minimum absolute atomic E-state index is 0.00515. The van der Waals surface area contributed by atoms with E-state index in [2.05, 4.69) is 10.3 Å². The van der Waals surface area contributed by atoms with Crippen LogP contribution in [0.2, 0.25) is 0 Å². The monoisotopic (exact) mass is 338 g/mol. The maximum Gasteiger partial charge on any atom is 0.416 e. The first kappa shape index (κ1) is 17.8. The smallest absolute Gasteiger partial charge is 0.364 e. The van der Waals surface area contributed by atoms with Crippen LogP contribution < -0.4 is 10.7 Å². The van der Waals surface area contributed by atoms with Gasteiger partial charge < -0.3 is 10.3 Å². The SMILES string of the molecule is Cc1cc(=O)c(C(=O)NC(C)Cc2ccccc2C(F)(F)F)c[nH]1. The van der Waals surface area contributed by atoms with Crippen LogP contribution >= 0.6 is 0 Å². The second kappa shape index (κ2) is 6.90. The Morgan fingerprint density at radius 2 is 1.96 bits per heavy atom. The summed E-state index contributed by atoms with van der Waals surface area (Å²) < 4.78 is 39.0.